The van der Waals surface area contributed by atoms with E-state index in [-0.39, 0.29) is 6.61 Å². The Bertz CT molecular complexity index is 1150. The number of aliphatic hydroxyl groups is 7. The van der Waals surface area contributed by atoms with Crippen molar-refractivity contribution in [2.75, 3.05) is 19.8 Å². The Labute approximate surface area is 269 Å². The first kappa shape index (κ1) is 37.4. The molecule has 3 aliphatic rings. The van der Waals surface area contributed by atoms with Crippen molar-refractivity contribution in [3.63, 3.8) is 0 Å². The van der Waals surface area contributed by atoms with Crippen LogP contribution in [0, 0.1) is 0 Å². The molecule has 47 heavy (non-hydrogen) atoms. The maximum absolute atomic E-state index is 15.2. The van der Waals surface area contributed by atoms with Gasteiger partial charge in [0.2, 0.25) is 11.8 Å². The lowest BCUT2D eigenvalue weighted by molar-refractivity contribution is -0.343. The van der Waals surface area contributed by atoms with E-state index in [0.29, 0.717) is 5.56 Å². The number of carbonyl (C=O) groups is 2. The molecule has 1 aromatic carbocycles. The third-order valence-electron chi connectivity index (χ3n) is 8.07. The van der Waals surface area contributed by atoms with Crippen LogP contribution < -0.4 is 10.6 Å². The molecule has 15 atom stereocenters. The molecule has 266 valence electrons. The maximum Gasteiger partial charge on any atom is 0.217 e. The molecular weight excluding hydrogens is 635 g/mol. The zero-order valence-corrected chi connectivity index (χ0v) is 25.6. The highest BCUT2D eigenvalue weighted by atomic mass is 19.1. The molecule has 3 saturated heterocycles. The van der Waals surface area contributed by atoms with Crippen LogP contribution in [0.3, 0.4) is 0 Å². The third kappa shape index (κ3) is 8.98. The maximum atomic E-state index is 15.2. The van der Waals surface area contributed by atoms with Crippen LogP contribution in [0.5, 0.6) is 0 Å². The van der Waals surface area contributed by atoms with Gasteiger partial charge in [-0.2, -0.15) is 0 Å². The van der Waals surface area contributed by atoms with E-state index in [4.69, 9.17) is 28.4 Å². The Morgan fingerprint density at radius 2 is 1.26 bits per heavy atom. The number of ether oxygens (including phenoxy) is 6. The van der Waals surface area contributed by atoms with Crippen molar-refractivity contribution < 1.29 is 78.1 Å². The number of aliphatic hydroxyl groups excluding tert-OH is 7. The summed E-state index contributed by atoms with van der Waals surface area (Å²) in [4.78, 5) is 24.1. The van der Waals surface area contributed by atoms with Gasteiger partial charge in [0.15, 0.2) is 25.0 Å². The lowest BCUT2D eigenvalue weighted by atomic mass is 9.95. The first-order valence-electron chi connectivity index (χ1n) is 15.1. The number of alkyl halides is 1. The molecule has 0 bridgehead atoms. The molecule has 2 amide bonds. The highest BCUT2D eigenvalue weighted by Crippen LogP contribution is 2.32. The fraction of sp³-hybridized carbons (Fsp3) is 0.724. The van der Waals surface area contributed by atoms with Crippen LogP contribution in [-0.4, -0.2) is 159 Å². The summed E-state index contributed by atoms with van der Waals surface area (Å²) in [5.41, 5.74) is 0.702. The van der Waals surface area contributed by atoms with E-state index in [9.17, 15) is 45.3 Å². The molecule has 3 fully saturated rings. The van der Waals surface area contributed by atoms with E-state index >= 15 is 4.39 Å². The van der Waals surface area contributed by atoms with Crippen molar-refractivity contribution in [1.82, 2.24) is 10.6 Å². The SMILES string of the molecule is CC(=O)N[C@H]1[C@H](OC[C@H]2O[C@H](OCc3ccccc3)[C@H](NC(C)=O)[C@@H](O[C@@H]3O[C@H](CO)[C@H](O)[C@H](O)[C@H]3F)[C@H]2O)O[C@H](CO)[C@@H](O)[C@@H]1O. The van der Waals surface area contributed by atoms with Gasteiger partial charge in [-0.3, -0.25) is 9.59 Å². The molecule has 0 unspecified atom stereocenters. The zero-order chi connectivity index (χ0) is 34.4. The minimum Gasteiger partial charge on any atom is -0.394 e. The number of carbonyl (C=O) groups excluding carboxylic acids is 2. The number of nitrogens with one attached hydrogen (secondary N) is 2. The largest absolute Gasteiger partial charge is 0.394 e. The van der Waals surface area contributed by atoms with Gasteiger partial charge in [-0.05, 0) is 5.56 Å². The second-order valence-electron chi connectivity index (χ2n) is 11.6. The van der Waals surface area contributed by atoms with Gasteiger partial charge in [-0.15, -0.1) is 0 Å². The number of rotatable bonds is 12. The molecule has 18 heteroatoms. The summed E-state index contributed by atoms with van der Waals surface area (Å²) in [5, 5.41) is 76.9. The predicted molar refractivity (Wildman–Crippen MR) is 152 cm³/mol. The smallest absolute Gasteiger partial charge is 0.217 e. The lowest BCUT2D eigenvalue weighted by Crippen LogP contribution is -2.68. The van der Waals surface area contributed by atoms with Crippen molar-refractivity contribution in [2.45, 2.75) is 113 Å². The molecule has 9 N–H and O–H groups in total. The Morgan fingerprint density at radius 1 is 0.723 bits per heavy atom. The quantitative estimate of drug-likeness (QED) is 0.102. The van der Waals surface area contributed by atoms with Gasteiger partial charge in [0.1, 0.15) is 67.0 Å². The monoisotopic (exact) mass is 678 g/mol. The van der Waals surface area contributed by atoms with Crippen LogP contribution in [0.25, 0.3) is 0 Å². The van der Waals surface area contributed by atoms with Crippen LogP contribution in [0.4, 0.5) is 4.39 Å². The van der Waals surface area contributed by atoms with E-state index in [1.807, 2.05) is 0 Å². The molecule has 4 rings (SSSR count). The molecule has 0 saturated carbocycles. The second kappa shape index (κ2) is 16.8. The van der Waals surface area contributed by atoms with Crippen molar-refractivity contribution in [1.29, 1.82) is 0 Å². The van der Waals surface area contributed by atoms with Crippen LogP contribution >= 0.6 is 0 Å². The number of hydrogen-bond acceptors (Lipinski definition) is 15. The van der Waals surface area contributed by atoms with Gasteiger partial charge in [0, 0.05) is 13.8 Å². The van der Waals surface area contributed by atoms with Crippen LogP contribution in [-0.2, 0) is 44.6 Å². The van der Waals surface area contributed by atoms with E-state index < -0.39 is 124 Å². The summed E-state index contributed by atoms with van der Waals surface area (Å²) in [7, 11) is 0. The zero-order valence-electron chi connectivity index (χ0n) is 25.6. The molecular formula is C29H43FN2O15. The minimum absolute atomic E-state index is 0.0558. The predicted octanol–water partition coefficient (Wildman–Crippen LogP) is -4.08. The van der Waals surface area contributed by atoms with Gasteiger partial charge in [0.25, 0.3) is 0 Å². The molecule has 17 nitrogen and oxygen atoms in total. The van der Waals surface area contributed by atoms with Crippen molar-refractivity contribution in [2.24, 2.45) is 0 Å². The molecule has 3 heterocycles. The molecule has 0 radical (unpaired) electrons. The van der Waals surface area contributed by atoms with Crippen molar-refractivity contribution in [3.8, 4) is 0 Å². The topological polar surface area (TPSA) is 255 Å². The summed E-state index contributed by atoms with van der Waals surface area (Å²) in [6.45, 7) is 0.194. The number of benzene rings is 1. The molecule has 0 spiro atoms. The number of halogens is 1. The molecule has 0 aromatic heterocycles. The van der Waals surface area contributed by atoms with Gasteiger partial charge >= 0.3 is 0 Å². The van der Waals surface area contributed by atoms with Gasteiger partial charge < -0.3 is 74.8 Å². The highest BCUT2D eigenvalue weighted by Gasteiger charge is 2.53. The fourth-order valence-electron chi connectivity index (χ4n) is 5.61. The van der Waals surface area contributed by atoms with Gasteiger partial charge in [-0.1, -0.05) is 30.3 Å². The Morgan fingerprint density at radius 3 is 1.85 bits per heavy atom. The summed E-state index contributed by atoms with van der Waals surface area (Å²) in [5.74, 6) is -1.21. The van der Waals surface area contributed by atoms with Crippen molar-refractivity contribution in [3.05, 3.63) is 35.9 Å². The number of amides is 2. The van der Waals surface area contributed by atoms with Crippen LogP contribution in [0.1, 0.15) is 19.4 Å². The molecule has 1 aromatic rings. The first-order chi connectivity index (χ1) is 22.4. The Hall–Kier alpha value is -2.43. The summed E-state index contributed by atoms with van der Waals surface area (Å²) >= 11 is 0. The normalized spacial score (nSPS) is 40.9. The minimum atomic E-state index is -2.35. The highest BCUT2D eigenvalue weighted by molar-refractivity contribution is 5.73. The van der Waals surface area contributed by atoms with Gasteiger partial charge in [0.05, 0.1) is 26.4 Å². The second-order valence-corrected chi connectivity index (χ2v) is 11.6. The van der Waals surface area contributed by atoms with Crippen LogP contribution in [0.15, 0.2) is 30.3 Å². The first-order valence-corrected chi connectivity index (χ1v) is 15.1. The summed E-state index contributed by atoms with van der Waals surface area (Å²) in [6.07, 6.45) is -21.6. The summed E-state index contributed by atoms with van der Waals surface area (Å²) in [6, 6.07) is 6.19. The Kier molecular flexibility index (Phi) is 13.4. The van der Waals surface area contributed by atoms with E-state index in [1.165, 1.54) is 6.92 Å². The van der Waals surface area contributed by atoms with E-state index in [1.54, 1.807) is 30.3 Å². The van der Waals surface area contributed by atoms with Crippen molar-refractivity contribution >= 4 is 11.8 Å². The lowest BCUT2D eigenvalue weighted by Gasteiger charge is -2.48. The Balaban J connectivity index is 1.61. The summed E-state index contributed by atoms with van der Waals surface area (Å²) < 4.78 is 49.7. The fourth-order valence-corrected chi connectivity index (χ4v) is 5.61. The number of hydrogen-bond donors (Lipinski definition) is 9. The van der Waals surface area contributed by atoms with E-state index in [0.717, 1.165) is 6.92 Å². The molecule has 0 aliphatic carbocycles. The molecule has 3 aliphatic heterocycles. The average Bonchev–Trinajstić information content (AvgIpc) is 3.04. The van der Waals surface area contributed by atoms with Gasteiger partial charge in [-0.25, -0.2) is 4.39 Å². The standard InChI is InChI=1S/C29H43FN2O15/c1-12(35)31-19-25(41)22(38)16(9-34)45-28(19)43-11-17-23(39)26(47-27-18(30)24(40)21(37)15(8-33)44-27)20(32-13(2)36)29(46-17)42-10-14-6-4-3-5-7-14/h3-7,15-29,33-34,37-41H,8-11H2,1-2H3,(H,31,35)(H,32,36)/t15-,16-,17-,18-,19-,20-,21+,22-,23+,24-,25-,26-,27+,28-,29+/m1/s1. The third-order valence-corrected chi connectivity index (χ3v) is 8.07. The average molecular weight is 679 g/mol. The van der Waals surface area contributed by atoms with Crippen LogP contribution in [0.2, 0.25) is 0 Å². The van der Waals surface area contributed by atoms with E-state index in [2.05, 4.69) is 10.6 Å².